The maximum atomic E-state index is 13.9. The molecule has 1 saturated carbocycles. The number of nitrogens with zero attached hydrogens (tertiary/aromatic N) is 3. The first kappa shape index (κ1) is 26.7. The summed E-state index contributed by atoms with van der Waals surface area (Å²) in [6.07, 6.45) is 1.48. The maximum absolute atomic E-state index is 13.9. The van der Waals surface area contributed by atoms with Crippen molar-refractivity contribution in [2.45, 2.75) is 58.1 Å². The molecule has 1 aromatic rings. The van der Waals surface area contributed by atoms with E-state index in [9.17, 15) is 29.4 Å². The molecule has 0 bridgehead atoms. The minimum absolute atomic E-state index is 0.0183. The molecule has 2 fully saturated rings. The van der Waals surface area contributed by atoms with Crippen LogP contribution in [0.1, 0.15) is 46.5 Å². The van der Waals surface area contributed by atoms with E-state index in [1.54, 1.807) is 48.8 Å². The Hall–Kier alpha value is -3.34. The Balaban J connectivity index is 1.61. The fourth-order valence-corrected chi connectivity index (χ4v) is 4.79. The van der Waals surface area contributed by atoms with Crippen LogP contribution in [-0.2, 0) is 19.1 Å². The third kappa shape index (κ3) is 6.15. The zero-order chi connectivity index (χ0) is 26.9. The van der Waals surface area contributed by atoms with Crippen LogP contribution in [0.4, 0.5) is 16.2 Å². The number of hydrogen-bond acceptors (Lipinski definition) is 7. The highest BCUT2D eigenvalue weighted by Crippen LogP contribution is 2.40. The predicted octanol–water partition coefficient (Wildman–Crippen LogP) is 2.25. The number of amides is 3. The van der Waals surface area contributed by atoms with Gasteiger partial charge in [0.1, 0.15) is 11.4 Å². The molecule has 1 aliphatic carbocycles. The van der Waals surface area contributed by atoms with Gasteiger partial charge in [-0.15, -0.1) is 0 Å². The Kier molecular flexibility index (Phi) is 7.63. The Morgan fingerprint density at radius 3 is 2.49 bits per heavy atom. The number of fused-ring (bicyclic) bond motifs is 1. The third-order valence-electron chi connectivity index (χ3n) is 6.65. The van der Waals surface area contributed by atoms with Gasteiger partial charge in [-0.3, -0.25) is 14.4 Å². The zero-order valence-electron chi connectivity index (χ0n) is 21.5. The second kappa shape index (κ2) is 10.6. The monoisotopic (exact) mass is 517 g/mol. The van der Waals surface area contributed by atoms with E-state index in [2.05, 4.69) is 0 Å². The van der Waals surface area contributed by atoms with Gasteiger partial charge in [0.25, 0.3) is 5.91 Å². The van der Waals surface area contributed by atoms with Crippen molar-refractivity contribution in [2.75, 3.05) is 42.6 Å². The van der Waals surface area contributed by atoms with Crippen LogP contribution in [0.15, 0.2) is 18.2 Å². The van der Waals surface area contributed by atoms with Crippen molar-refractivity contribution < 1.29 is 38.9 Å². The molecule has 1 saturated heterocycles. The van der Waals surface area contributed by atoms with Crippen molar-refractivity contribution in [1.82, 2.24) is 4.90 Å². The molecule has 3 aliphatic rings. The molecule has 0 unspecified atom stereocenters. The standard InChI is InChI=1S/C26H35N3O8/c1-26(2,3)37-25(35)27-13-16(11-17(14-27)24(33)34)23(32)29(18-5-6-18)19-7-8-21-20(12-19)28(9-4-10-30)22(31)15-36-21/h7-8,12,16-18,30H,4-6,9-11,13-15H2,1-3H3,(H,33,34)/t16-,17+/m1/s1. The van der Waals surface area contributed by atoms with Crippen molar-refractivity contribution in [3.63, 3.8) is 0 Å². The Labute approximate surface area is 215 Å². The molecule has 37 heavy (non-hydrogen) atoms. The van der Waals surface area contributed by atoms with Crippen LogP contribution in [0.25, 0.3) is 0 Å². The molecular formula is C26H35N3O8. The molecule has 0 spiro atoms. The molecule has 0 aromatic heterocycles. The fourth-order valence-electron chi connectivity index (χ4n) is 4.79. The molecule has 202 valence electrons. The van der Waals surface area contributed by atoms with Crippen LogP contribution in [0.5, 0.6) is 5.75 Å². The van der Waals surface area contributed by atoms with Gasteiger partial charge in [-0.25, -0.2) is 4.79 Å². The van der Waals surface area contributed by atoms with Crippen molar-refractivity contribution in [3.05, 3.63) is 18.2 Å². The third-order valence-corrected chi connectivity index (χ3v) is 6.65. The van der Waals surface area contributed by atoms with Crippen LogP contribution >= 0.6 is 0 Å². The number of rotatable bonds is 7. The van der Waals surface area contributed by atoms with E-state index >= 15 is 0 Å². The first-order valence-electron chi connectivity index (χ1n) is 12.7. The number of anilines is 2. The number of carboxylic acids is 1. The summed E-state index contributed by atoms with van der Waals surface area (Å²) in [5.74, 6) is -2.64. The minimum Gasteiger partial charge on any atom is -0.482 e. The highest BCUT2D eigenvalue weighted by molar-refractivity contribution is 6.01. The van der Waals surface area contributed by atoms with Gasteiger partial charge in [0, 0.05) is 38.0 Å². The lowest BCUT2D eigenvalue weighted by Crippen LogP contribution is -2.52. The Morgan fingerprint density at radius 2 is 1.86 bits per heavy atom. The molecule has 1 aromatic carbocycles. The molecule has 2 aliphatic heterocycles. The number of aliphatic carboxylic acids is 1. The molecule has 2 N–H and O–H groups in total. The van der Waals surface area contributed by atoms with Gasteiger partial charge >= 0.3 is 12.1 Å². The van der Waals surface area contributed by atoms with E-state index in [1.165, 1.54) is 4.90 Å². The largest absolute Gasteiger partial charge is 0.482 e. The lowest BCUT2D eigenvalue weighted by atomic mass is 9.88. The van der Waals surface area contributed by atoms with Crippen molar-refractivity contribution >= 4 is 35.3 Å². The smallest absolute Gasteiger partial charge is 0.410 e. The summed E-state index contributed by atoms with van der Waals surface area (Å²) >= 11 is 0. The molecule has 3 amide bonds. The molecule has 0 radical (unpaired) electrons. The molecule has 11 nitrogen and oxygen atoms in total. The fraction of sp³-hybridized carbons (Fsp3) is 0.615. The summed E-state index contributed by atoms with van der Waals surface area (Å²) in [4.78, 5) is 55.6. The number of carbonyl (C=O) groups excluding carboxylic acids is 3. The Morgan fingerprint density at radius 1 is 1.16 bits per heavy atom. The number of piperidine rings is 1. The highest BCUT2D eigenvalue weighted by Gasteiger charge is 2.43. The summed E-state index contributed by atoms with van der Waals surface area (Å²) in [6, 6.07) is 5.18. The second-order valence-corrected chi connectivity index (χ2v) is 10.9. The number of carbonyl (C=O) groups is 4. The van der Waals surface area contributed by atoms with E-state index in [-0.39, 0.29) is 50.6 Å². The first-order chi connectivity index (χ1) is 17.5. The minimum atomic E-state index is -1.06. The number of carboxylic acid groups (broad SMARTS) is 1. The highest BCUT2D eigenvalue weighted by atomic mass is 16.6. The Bertz CT molecular complexity index is 1060. The van der Waals surface area contributed by atoms with Gasteiger partial charge in [-0.1, -0.05) is 0 Å². The van der Waals surface area contributed by atoms with Crippen molar-refractivity contribution in [3.8, 4) is 5.75 Å². The predicted molar refractivity (Wildman–Crippen MR) is 134 cm³/mol. The van der Waals surface area contributed by atoms with Gasteiger partial charge in [0.05, 0.1) is 17.5 Å². The quantitative estimate of drug-likeness (QED) is 0.562. The van der Waals surface area contributed by atoms with Crippen LogP contribution in [-0.4, -0.2) is 83.5 Å². The normalized spacial score (nSPS) is 21.7. The average molecular weight is 518 g/mol. The first-order valence-corrected chi connectivity index (χ1v) is 12.7. The van der Waals surface area contributed by atoms with Gasteiger partial charge in [0.15, 0.2) is 6.61 Å². The van der Waals surface area contributed by atoms with E-state index in [0.29, 0.717) is 30.1 Å². The molecule has 4 rings (SSSR count). The number of aliphatic hydroxyl groups excluding tert-OH is 1. The number of benzene rings is 1. The summed E-state index contributed by atoms with van der Waals surface area (Å²) in [7, 11) is 0. The van der Waals surface area contributed by atoms with E-state index in [0.717, 1.165) is 12.8 Å². The van der Waals surface area contributed by atoms with Crippen molar-refractivity contribution in [2.24, 2.45) is 11.8 Å². The van der Waals surface area contributed by atoms with Crippen LogP contribution in [0, 0.1) is 11.8 Å². The van der Waals surface area contributed by atoms with E-state index in [1.807, 2.05) is 0 Å². The number of hydrogen-bond donors (Lipinski definition) is 2. The number of ether oxygens (including phenoxy) is 2. The lowest BCUT2D eigenvalue weighted by Gasteiger charge is -2.38. The van der Waals surface area contributed by atoms with Crippen LogP contribution in [0.2, 0.25) is 0 Å². The number of aliphatic hydroxyl groups is 1. The lowest BCUT2D eigenvalue weighted by molar-refractivity contribution is -0.145. The molecular weight excluding hydrogens is 482 g/mol. The van der Waals surface area contributed by atoms with Crippen molar-refractivity contribution in [1.29, 1.82) is 0 Å². The van der Waals surface area contributed by atoms with Gasteiger partial charge in [-0.05, 0) is 64.7 Å². The summed E-state index contributed by atoms with van der Waals surface area (Å²) < 4.78 is 11.0. The SMILES string of the molecule is CC(C)(C)OC(=O)N1C[C@@H](C(=O)O)C[C@@H](C(=O)N(c2ccc3c(c2)N(CCCO)C(=O)CO3)C2CC2)C1. The molecule has 11 heteroatoms. The van der Waals surface area contributed by atoms with Crippen LogP contribution < -0.4 is 14.5 Å². The number of likely N-dealkylation sites (tertiary alicyclic amines) is 1. The molecule has 2 heterocycles. The second-order valence-electron chi connectivity index (χ2n) is 10.9. The van der Waals surface area contributed by atoms with Gasteiger partial charge in [0.2, 0.25) is 5.91 Å². The maximum Gasteiger partial charge on any atom is 0.410 e. The van der Waals surface area contributed by atoms with E-state index in [4.69, 9.17) is 9.47 Å². The van der Waals surface area contributed by atoms with Gasteiger partial charge in [-0.2, -0.15) is 0 Å². The zero-order valence-corrected chi connectivity index (χ0v) is 21.5. The van der Waals surface area contributed by atoms with Gasteiger partial charge < -0.3 is 34.4 Å². The topological polar surface area (TPSA) is 137 Å². The molecule has 2 atom stereocenters. The van der Waals surface area contributed by atoms with Crippen LogP contribution in [0.3, 0.4) is 0 Å². The van der Waals surface area contributed by atoms with E-state index < -0.39 is 29.5 Å². The summed E-state index contributed by atoms with van der Waals surface area (Å²) in [6.45, 7) is 5.40. The summed E-state index contributed by atoms with van der Waals surface area (Å²) in [5.41, 5.74) is 0.361. The summed E-state index contributed by atoms with van der Waals surface area (Å²) in [5, 5.41) is 19.0. The average Bonchev–Trinajstić information content (AvgIpc) is 3.67.